The van der Waals surface area contributed by atoms with Crippen LogP contribution in [-0.4, -0.2) is 9.97 Å². The van der Waals surface area contributed by atoms with Gasteiger partial charge in [-0.2, -0.15) is 0 Å². The Balaban J connectivity index is 1.96. The molecule has 1 heterocycles. The van der Waals surface area contributed by atoms with E-state index in [0.29, 0.717) is 10.7 Å². The number of fused-ring (bicyclic) bond motifs is 1. The lowest BCUT2D eigenvalue weighted by Gasteiger charge is -2.02. The van der Waals surface area contributed by atoms with Crippen LogP contribution in [0.3, 0.4) is 0 Å². The van der Waals surface area contributed by atoms with Crippen LogP contribution in [0.25, 0.3) is 11.0 Å². The summed E-state index contributed by atoms with van der Waals surface area (Å²) in [4.78, 5) is 8.68. The number of aromatic nitrogens is 2. The number of imidazole rings is 1. The fraction of sp³-hybridized carbons (Fsp3) is 0. The van der Waals surface area contributed by atoms with Crippen LogP contribution in [0.1, 0.15) is 0 Å². The SMILES string of the molecule is Nc1cc(Cl)ccc1Sc1nc2ccccc2[nH]1. The Morgan fingerprint density at radius 3 is 2.78 bits per heavy atom. The molecule has 3 rings (SSSR count). The van der Waals surface area contributed by atoms with Crippen molar-refractivity contribution < 1.29 is 0 Å². The number of benzene rings is 2. The highest BCUT2D eigenvalue weighted by atomic mass is 35.5. The van der Waals surface area contributed by atoms with E-state index in [1.54, 1.807) is 6.07 Å². The second-order valence-corrected chi connectivity index (χ2v) is 5.31. The molecule has 0 spiro atoms. The van der Waals surface area contributed by atoms with Crippen LogP contribution in [0.2, 0.25) is 5.02 Å². The normalized spacial score (nSPS) is 10.9. The van der Waals surface area contributed by atoms with Crippen LogP contribution in [0.4, 0.5) is 5.69 Å². The van der Waals surface area contributed by atoms with Gasteiger partial charge in [0.25, 0.3) is 0 Å². The molecule has 0 radical (unpaired) electrons. The van der Waals surface area contributed by atoms with Crippen molar-refractivity contribution in [3.63, 3.8) is 0 Å². The molecule has 3 N–H and O–H groups in total. The van der Waals surface area contributed by atoms with Gasteiger partial charge in [-0.3, -0.25) is 0 Å². The number of rotatable bonds is 2. The maximum absolute atomic E-state index is 5.92. The van der Waals surface area contributed by atoms with E-state index in [9.17, 15) is 0 Å². The molecule has 0 aliphatic heterocycles. The summed E-state index contributed by atoms with van der Waals surface area (Å²) in [5.41, 5.74) is 8.55. The maximum atomic E-state index is 5.92. The smallest absolute Gasteiger partial charge is 0.171 e. The molecule has 90 valence electrons. The van der Waals surface area contributed by atoms with Gasteiger partial charge in [0.15, 0.2) is 5.16 Å². The Bertz CT molecular complexity index is 675. The fourth-order valence-corrected chi connectivity index (χ4v) is 2.70. The molecule has 0 fully saturated rings. The molecule has 0 atom stereocenters. The second-order valence-electron chi connectivity index (χ2n) is 3.84. The second kappa shape index (κ2) is 4.55. The van der Waals surface area contributed by atoms with Gasteiger partial charge < -0.3 is 10.7 Å². The lowest BCUT2D eigenvalue weighted by atomic mass is 10.3. The van der Waals surface area contributed by atoms with Crippen LogP contribution in [-0.2, 0) is 0 Å². The van der Waals surface area contributed by atoms with Crippen molar-refractivity contribution in [1.82, 2.24) is 9.97 Å². The highest BCUT2D eigenvalue weighted by Crippen LogP contribution is 2.32. The molecule has 0 bridgehead atoms. The fourth-order valence-electron chi connectivity index (χ4n) is 1.69. The Morgan fingerprint density at radius 1 is 1.17 bits per heavy atom. The largest absolute Gasteiger partial charge is 0.398 e. The quantitative estimate of drug-likeness (QED) is 0.696. The molecule has 0 saturated carbocycles. The van der Waals surface area contributed by atoms with E-state index in [-0.39, 0.29) is 0 Å². The molecule has 0 saturated heterocycles. The molecule has 0 aliphatic rings. The predicted molar refractivity (Wildman–Crippen MR) is 76.1 cm³/mol. The minimum atomic E-state index is 0.640. The highest BCUT2D eigenvalue weighted by Gasteiger charge is 2.06. The molecule has 0 amide bonds. The first kappa shape index (κ1) is 11.4. The van der Waals surface area contributed by atoms with E-state index >= 15 is 0 Å². The van der Waals surface area contributed by atoms with Gasteiger partial charge in [-0.1, -0.05) is 23.7 Å². The standard InChI is InChI=1S/C13H10ClN3S/c14-8-5-6-12(9(15)7-8)18-13-16-10-3-1-2-4-11(10)17-13/h1-7H,15H2,(H,16,17). The van der Waals surface area contributed by atoms with Gasteiger partial charge in [0.2, 0.25) is 0 Å². The molecule has 3 aromatic rings. The minimum absolute atomic E-state index is 0.640. The van der Waals surface area contributed by atoms with Crippen molar-refractivity contribution in [2.24, 2.45) is 0 Å². The number of anilines is 1. The number of nitrogens with one attached hydrogen (secondary N) is 1. The first-order valence-electron chi connectivity index (χ1n) is 5.40. The summed E-state index contributed by atoms with van der Waals surface area (Å²) in [6.45, 7) is 0. The number of aromatic amines is 1. The van der Waals surface area contributed by atoms with Crippen molar-refractivity contribution in [3.05, 3.63) is 47.5 Å². The lowest BCUT2D eigenvalue weighted by molar-refractivity contribution is 1.08. The van der Waals surface area contributed by atoms with Crippen molar-refractivity contribution in [2.75, 3.05) is 5.73 Å². The summed E-state index contributed by atoms with van der Waals surface area (Å²) in [5, 5.41) is 1.46. The van der Waals surface area contributed by atoms with Crippen LogP contribution >= 0.6 is 23.4 Å². The summed E-state index contributed by atoms with van der Waals surface area (Å²) >= 11 is 7.37. The topological polar surface area (TPSA) is 54.7 Å². The van der Waals surface area contributed by atoms with E-state index in [0.717, 1.165) is 21.1 Å². The van der Waals surface area contributed by atoms with E-state index in [2.05, 4.69) is 9.97 Å². The number of halogens is 1. The van der Waals surface area contributed by atoms with Crippen molar-refractivity contribution >= 4 is 40.1 Å². The number of nitrogens with two attached hydrogens (primary N) is 1. The van der Waals surface area contributed by atoms with E-state index in [1.165, 1.54) is 11.8 Å². The molecule has 3 nitrogen and oxygen atoms in total. The summed E-state index contributed by atoms with van der Waals surface area (Å²) < 4.78 is 0. The van der Waals surface area contributed by atoms with Gasteiger partial charge in [-0.15, -0.1) is 0 Å². The van der Waals surface area contributed by atoms with Crippen LogP contribution in [0.15, 0.2) is 52.5 Å². The molecule has 0 aliphatic carbocycles. The first-order valence-corrected chi connectivity index (χ1v) is 6.59. The molecule has 2 aromatic carbocycles. The van der Waals surface area contributed by atoms with Gasteiger partial charge in [0.1, 0.15) is 0 Å². The zero-order valence-corrected chi connectivity index (χ0v) is 10.9. The van der Waals surface area contributed by atoms with E-state index < -0.39 is 0 Å². The molecule has 18 heavy (non-hydrogen) atoms. The third-order valence-corrected chi connectivity index (χ3v) is 3.76. The Kier molecular flexibility index (Phi) is 2.89. The average molecular weight is 276 g/mol. The minimum Gasteiger partial charge on any atom is -0.398 e. The third-order valence-electron chi connectivity index (χ3n) is 2.55. The van der Waals surface area contributed by atoms with Crippen molar-refractivity contribution in [2.45, 2.75) is 10.1 Å². The number of nitrogens with zero attached hydrogens (tertiary/aromatic N) is 1. The molecule has 5 heteroatoms. The zero-order chi connectivity index (χ0) is 12.5. The zero-order valence-electron chi connectivity index (χ0n) is 9.35. The van der Waals surface area contributed by atoms with Gasteiger partial charge in [-0.25, -0.2) is 4.98 Å². The maximum Gasteiger partial charge on any atom is 0.171 e. The first-order chi connectivity index (χ1) is 8.72. The monoisotopic (exact) mass is 275 g/mol. The third kappa shape index (κ3) is 2.17. The summed E-state index contributed by atoms with van der Waals surface area (Å²) in [6.07, 6.45) is 0. The Hall–Kier alpha value is -1.65. The summed E-state index contributed by atoms with van der Waals surface area (Å²) in [6, 6.07) is 13.4. The number of hydrogen-bond acceptors (Lipinski definition) is 3. The lowest BCUT2D eigenvalue weighted by Crippen LogP contribution is -1.88. The van der Waals surface area contributed by atoms with Gasteiger partial charge in [0.05, 0.1) is 11.0 Å². The molecule has 1 aromatic heterocycles. The number of hydrogen-bond donors (Lipinski definition) is 2. The summed E-state index contributed by atoms with van der Waals surface area (Å²) in [7, 11) is 0. The van der Waals surface area contributed by atoms with E-state index in [4.69, 9.17) is 17.3 Å². The van der Waals surface area contributed by atoms with E-state index in [1.807, 2.05) is 36.4 Å². The highest BCUT2D eigenvalue weighted by molar-refractivity contribution is 7.99. The summed E-state index contributed by atoms with van der Waals surface area (Å²) in [5.74, 6) is 0. The van der Waals surface area contributed by atoms with Crippen LogP contribution < -0.4 is 5.73 Å². The predicted octanol–water partition coefficient (Wildman–Crippen LogP) is 3.95. The van der Waals surface area contributed by atoms with Crippen LogP contribution in [0, 0.1) is 0 Å². The number of para-hydroxylation sites is 2. The van der Waals surface area contributed by atoms with Gasteiger partial charge >= 0.3 is 0 Å². The average Bonchev–Trinajstić information content (AvgIpc) is 2.75. The van der Waals surface area contributed by atoms with Gasteiger partial charge in [0, 0.05) is 15.6 Å². The Morgan fingerprint density at radius 2 is 2.00 bits per heavy atom. The number of nitrogen functional groups attached to an aromatic ring is 1. The van der Waals surface area contributed by atoms with Crippen LogP contribution in [0.5, 0.6) is 0 Å². The molecular formula is C13H10ClN3S. The number of H-pyrrole nitrogens is 1. The molecule has 0 unspecified atom stereocenters. The Labute approximate surface area is 113 Å². The molecular weight excluding hydrogens is 266 g/mol. The van der Waals surface area contributed by atoms with Gasteiger partial charge in [-0.05, 0) is 42.1 Å². The van der Waals surface area contributed by atoms with Crippen molar-refractivity contribution in [3.8, 4) is 0 Å². The van der Waals surface area contributed by atoms with Crippen molar-refractivity contribution in [1.29, 1.82) is 0 Å².